The topological polar surface area (TPSA) is 36.2 Å². The SMILES string of the molecule is C=C(C)/C=C\C(C)=N.C=Cc1cc2c(c(C)c1/C=C(\C)C1CC1)CC(C)C2.CC.CC.CC.CC.CC=NCC. The van der Waals surface area contributed by atoms with Crippen LogP contribution in [0.2, 0.25) is 0 Å². The van der Waals surface area contributed by atoms with Crippen LogP contribution in [0.4, 0.5) is 0 Å². The molecular formula is C38H68N2. The van der Waals surface area contributed by atoms with Crippen LogP contribution in [0.1, 0.15) is 138 Å². The van der Waals surface area contributed by atoms with Gasteiger partial charge in [0, 0.05) is 12.3 Å². The molecule has 0 aliphatic heterocycles. The molecule has 2 nitrogen and oxygen atoms in total. The monoisotopic (exact) mass is 553 g/mol. The van der Waals surface area contributed by atoms with Crippen molar-refractivity contribution in [1.29, 1.82) is 5.41 Å². The normalized spacial score (nSPS) is 14.5. The van der Waals surface area contributed by atoms with Crippen LogP contribution in [0.3, 0.4) is 0 Å². The van der Waals surface area contributed by atoms with Gasteiger partial charge >= 0.3 is 0 Å². The van der Waals surface area contributed by atoms with Crippen LogP contribution in [0, 0.1) is 24.2 Å². The Morgan fingerprint density at radius 2 is 1.50 bits per heavy atom. The Bertz CT molecular complexity index is 877. The van der Waals surface area contributed by atoms with Crippen LogP contribution in [-0.2, 0) is 12.8 Å². The van der Waals surface area contributed by atoms with Crippen LogP contribution >= 0.6 is 0 Å². The summed E-state index contributed by atoms with van der Waals surface area (Å²) in [6, 6.07) is 2.38. The summed E-state index contributed by atoms with van der Waals surface area (Å²) in [4.78, 5) is 3.85. The van der Waals surface area contributed by atoms with Crippen LogP contribution in [-0.4, -0.2) is 18.5 Å². The van der Waals surface area contributed by atoms with Gasteiger partial charge in [0.25, 0.3) is 0 Å². The van der Waals surface area contributed by atoms with E-state index in [2.05, 4.69) is 51.1 Å². The van der Waals surface area contributed by atoms with Gasteiger partial charge in [0.05, 0.1) is 0 Å². The highest BCUT2D eigenvalue weighted by molar-refractivity contribution is 5.90. The minimum atomic E-state index is 0.563. The second-order valence-corrected chi connectivity index (χ2v) is 9.14. The largest absolute Gasteiger partial charge is 0.306 e. The fraction of sp³-hybridized carbons (Fsp3) is 0.579. The molecule has 0 amide bonds. The lowest BCUT2D eigenvalue weighted by Crippen LogP contribution is -1.96. The van der Waals surface area contributed by atoms with Gasteiger partial charge in [0.2, 0.25) is 0 Å². The Morgan fingerprint density at radius 3 is 1.82 bits per heavy atom. The van der Waals surface area contributed by atoms with E-state index in [1.807, 2.05) is 88.3 Å². The van der Waals surface area contributed by atoms with Gasteiger partial charge < -0.3 is 5.41 Å². The molecule has 2 aliphatic rings. The van der Waals surface area contributed by atoms with Crippen molar-refractivity contribution in [1.82, 2.24) is 0 Å². The molecular weight excluding hydrogens is 484 g/mol. The summed E-state index contributed by atoms with van der Waals surface area (Å²) >= 11 is 0. The molecule has 230 valence electrons. The molecule has 1 aromatic rings. The smallest absolute Gasteiger partial charge is 0.0356 e. The molecule has 2 heteroatoms. The van der Waals surface area contributed by atoms with E-state index < -0.39 is 0 Å². The van der Waals surface area contributed by atoms with E-state index in [-0.39, 0.29) is 0 Å². The third kappa shape index (κ3) is 20.4. The highest BCUT2D eigenvalue weighted by Crippen LogP contribution is 2.39. The number of fused-ring (bicyclic) bond motifs is 1. The first-order chi connectivity index (χ1) is 19.1. The molecule has 3 rings (SSSR count). The molecule has 2 aliphatic carbocycles. The van der Waals surface area contributed by atoms with Crippen molar-refractivity contribution in [3.63, 3.8) is 0 Å². The maximum absolute atomic E-state index is 6.96. The Balaban J connectivity index is -0.000000259. The molecule has 1 N–H and O–H groups in total. The Kier molecular flexibility index (Phi) is 32.8. The van der Waals surface area contributed by atoms with Crippen molar-refractivity contribution in [2.45, 2.75) is 130 Å². The first kappa shape index (κ1) is 44.5. The minimum absolute atomic E-state index is 0.563. The van der Waals surface area contributed by atoms with Gasteiger partial charge in [0.1, 0.15) is 0 Å². The van der Waals surface area contributed by atoms with Gasteiger partial charge in [-0.15, -0.1) is 0 Å². The highest BCUT2D eigenvalue weighted by Gasteiger charge is 2.25. The summed E-state index contributed by atoms with van der Waals surface area (Å²) < 4.78 is 0. The molecule has 0 heterocycles. The summed E-state index contributed by atoms with van der Waals surface area (Å²) in [6.45, 7) is 39.1. The zero-order valence-electron chi connectivity index (χ0n) is 29.5. The van der Waals surface area contributed by atoms with Crippen molar-refractivity contribution in [2.75, 3.05) is 6.54 Å². The van der Waals surface area contributed by atoms with Crippen LogP contribution in [0.15, 0.2) is 47.5 Å². The van der Waals surface area contributed by atoms with Crippen LogP contribution < -0.4 is 0 Å². The van der Waals surface area contributed by atoms with Crippen molar-refractivity contribution >= 4 is 24.1 Å². The third-order valence-electron chi connectivity index (χ3n) is 5.80. The van der Waals surface area contributed by atoms with E-state index in [1.54, 1.807) is 35.9 Å². The standard InChI is InChI=1S/C19H24.C7H11N.C4H9N.4C2H6/c1-5-15-11-17-8-12(2)9-18(17)14(4)19(15)10-13(3)16-6-7-16;1-6(2)4-5-7(3)8;1-3-5-4-2;4*1-2/h5,10-12,16H,1,6-9H2,2-4H3;4-5,8H,1H2,2-3H3;3H,4H2,1-2H3;4*1-2H3/b13-10+;5-4-,8-7?;;;;;. The van der Waals surface area contributed by atoms with Crippen LogP contribution in [0.25, 0.3) is 12.2 Å². The van der Waals surface area contributed by atoms with E-state index in [9.17, 15) is 0 Å². The van der Waals surface area contributed by atoms with E-state index in [0.717, 1.165) is 24.0 Å². The number of nitrogens with one attached hydrogen (secondary N) is 1. The number of aliphatic imine (C=N–C) groups is 1. The summed E-state index contributed by atoms with van der Waals surface area (Å²) in [7, 11) is 0. The second kappa shape index (κ2) is 29.5. The molecule has 1 fully saturated rings. The zero-order chi connectivity index (χ0) is 32.3. The summed E-state index contributed by atoms with van der Waals surface area (Å²) in [6.07, 6.45) is 15.1. The maximum Gasteiger partial charge on any atom is 0.0356 e. The number of hydrogen-bond acceptors (Lipinski definition) is 2. The van der Waals surface area contributed by atoms with Gasteiger partial charge in [-0.2, -0.15) is 0 Å². The average Bonchev–Trinajstić information content (AvgIpc) is 3.76. The zero-order valence-corrected chi connectivity index (χ0v) is 29.5. The first-order valence-corrected chi connectivity index (χ1v) is 15.9. The Morgan fingerprint density at radius 1 is 0.975 bits per heavy atom. The highest BCUT2D eigenvalue weighted by atomic mass is 14.7. The minimum Gasteiger partial charge on any atom is -0.306 e. The fourth-order valence-corrected chi connectivity index (χ4v) is 3.93. The average molecular weight is 553 g/mol. The summed E-state index contributed by atoms with van der Waals surface area (Å²) in [5.74, 6) is 1.65. The lowest BCUT2D eigenvalue weighted by atomic mass is 9.92. The Hall–Kier alpha value is -2.48. The van der Waals surface area contributed by atoms with Gasteiger partial charge in [0.15, 0.2) is 0 Å². The maximum atomic E-state index is 6.96. The van der Waals surface area contributed by atoms with Crippen molar-refractivity contribution < 1.29 is 0 Å². The van der Waals surface area contributed by atoms with Crippen molar-refractivity contribution in [2.24, 2.45) is 16.8 Å². The summed E-state index contributed by atoms with van der Waals surface area (Å²) in [5.41, 5.74) is 10.5. The van der Waals surface area contributed by atoms with E-state index >= 15 is 0 Å². The molecule has 40 heavy (non-hydrogen) atoms. The fourth-order valence-electron chi connectivity index (χ4n) is 3.93. The number of rotatable bonds is 6. The number of benzene rings is 1. The Labute approximate surface area is 252 Å². The van der Waals surface area contributed by atoms with E-state index in [1.165, 1.54) is 42.4 Å². The lowest BCUT2D eigenvalue weighted by molar-refractivity contribution is 0.627. The van der Waals surface area contributed by atoms with E-state index in [4.69, 9.17) is 5.41 Å². The van der Waals surface area contributed by atoms with Crippen molar-refractivity contribution in [3.05, 3.63) is 70.3 Å². The number of hydrogen-bond donors (Lipinski definition) is 1. The van der Waals surface area contributed by atoms with Gasteiger partial charge in [-0.1, -0.05) is 111 Å². The molecule has 0 spiro atoms. The second-order valence-electron chi connectivity index (χ2n) is 9.14. The predicted octanol–water partition coefficient (Wildman–Crippen LogP) is 12.5. The van der Waals surface area contributed by atoms with Gasteiger partial charge in [-0.05, 0) is 119 Å². The lowest BCUT2D eigenvalue weighted by Gasteiger charge is -2.13. The molecule has 0 aromatic heterocycles. The van der Waals surface area contributed by atoms with Gasteiger partial charge in [-0.25, -0.2) is 0 Å². The first-order valence-electron chi connectivity index (χ1n) is 15.9. The van der Waals surface area contributed by atoms with Gasteiger partial charge in [-0.3, -0.25) is 4.99 Å². The molecule has 0 saturated heterocycles. The van der Waals surface area contributed by atoms with Crippen LogP contribution in [0.5, 0.6) is 0 Å². The molecule has 1 atom stereocenters. The third-order valence-corrected chi connectivity index (χ3v) is 5.80. The number of allylic oxidation sites excluding steroid dienone is 4. The van der Waals surface area contributed by atoms with E-state index in [0.29, 0.717) is 5.71 Å². The quantitative estimate of drug-likeness (QED) is 0.269. The molecule has 1 saturated carbocycles. The molecule has 0 radical (unpaired) electrons. The van der Waals surface area contributed by atoms with Crippen molar-refractivity contribution in [3.8, 4) is 0 Å². The number of nitrogens with zero attached hydrogens (tertiary/aromatic N) is 1. The predicted molar refractivity (Wildman–Crippen MR) is 192 cm³/mol. The molecule has 1 aromatic carbocycles. The molecule has 0 bridgehead atoms. The molecule has 1 unspecified atom stereocenters. The summed E-state index contributed by atoms with van der Waals surface area (Å²) in [5, 5.41) is 6.96.